The normalized spacial score (nSPS) is 16.0. The van der Waals surface area contributed by atoms with Gasteiger partial charge < -0.3 is 14.6 Å². The zero-order valence-corrected chi connectivity index (χ0v) is 16.9. The number of benzene rings is 2. The van der Waals surface area contributed by atoms with Gasteiger partial charge in [-0.25, -0.2) is 9.59 Å². The highest BCUT2D eigenvalue weighted by Gasteiger charge is 2.47. The van der Waals surface area contributed by atoms with Crippen molar-refractivity contribution in [3.63, 3.8) is 0 Å². The number of para-hydroxylation sites is 1. The van der Waals surface area contributed by atoms with Crippen molar-refractivity contribution in [1.29, 1.82) is 0 Å². The molecule has 154 valence electrons. The number of carbonyl (C=O) groups is 2. The van der Waals surface area contributed by atoms with Crippen molar-refractivity contribution in [2.24, 2.45) is 0 Å². The number of hydrogen-bond donors (Lipinski definition) is 1. The number of aliphatic hydroxyl groups is 1. The van der Waals surface area contributed by atoms with Crippen molar-refractivity contribution in [3.05, 3.63) is 65.2 Å². The van der Waals surface area contributed by atoms with Crippen LogP contribution in [0, 0.1) is 6.92 Å². The molecule has 3 rings (SSSR count). The quantitative estimate of drug-likeness (QED) is 0.567. The summed E-state index contributed by atoms with van der Waals surface area (Å²) in [6.07, 6.45) is -1.18. The lowest BCUT2D eigenvalue weighted by Crippen LogP contribution is -2.55. The molecule has 0 amide bonds. The molecule has 0 bridgehead atoms. The van der Waals surface area contributed by atoms with Gasteiger partial charge in [0.05, 0.1) is 25.4 Å². The summed E-state index contributed by atoms with van der Waals surface area (Å²) in [6, 6.07) is 13.8. The maximum atomic E-state index is 12.7. The summed E-state index contributed by atoms with van der Waals surface area (Å²) in [4.78, 5) is 25.4. The molecule has 1 aliphatic heterocycles. The molecule has 2 aromatic rings. The van der Waals surface area contributed by atoms with E-state index in [1.54, 1.807) is 31.0 Å². The number of esters is 2. The van der Waals surface area contributed by atoms with Crippen LogP contribution in [0.25, 0.3) is 0 Å². The Morgan fingerprint density at radius 1 is 1.00 bits per heavy atom. The number of carbonyl (C=O) groups excluding carboxylic acids is 2. The van der Waals surface area contributed by atoms with Crippen LogP contribution in [0.2, 0.25) is 0 Å². The molecule has 1 aliphatic rings. The largest absolute Gasteiger partial charge is 0.464 e. The third kappa shape index (κ3) is 4.26. The standard InChI is InChI=1S/C22H26N2O5/c1-4-28-21(26)19(22(27)29-5-2)24-20(25)17-8-6-7-9-18(17)23(24)14-16-12-10-15(3)11-13-16/h6-13,19-20,25H,4-5,14H2,1-3H3. The van der Waals surface area contributed by atoms with E-state index in [1.807, 2.05) is 43.3 Å². The number of ether oxygens (including phenoxy) is 2. The molecule has 0 saturated heterocycles. The predicted octanol–water partition coefficient (Wildman–Crippen LogP) is 2.72. The van der Waals surface area contributed by atoms with Crippen molar-refractivity contribution in [3.8, 4) is 0 Å². The fourth-order valence-corrected chi connectivity index (χ4v) is 3.41. The first-order valence-corrected chi connectivity index (χ1v) is 9.69. The summed E-state index contributed by atoms with van der Waals surface area (Å²) in [5.74, 6) is -1.52. The second-order valence-corrected chi connectivity index (χ2v) is 6.76. The molecule has 0 aliphatic carbocycles. The third-order valence-electron chi connectivity index (χ3n) is 4.76. The highest BCUT2D eigenvalue weighted by atomic mass is 16.6. The van der Waals surface area contributed by atoms with E-state index >= 15 is 0 Å². The zero-order valence-electron chi connectivity index (χ0n) is 16.9. The molecule has 1 atom stereocenters. The van der Waals surface area contributed by atoms with Crippen LogP contribution >= 0.6 is 0 Å². The maximum Gasteiger partial charge on any atom is 0.337 e. The van der Waals surface area contributed by atoms with Crippen LogP contribution in [0.3, 0.4) is 0 Å². The topological polar surface area (TPSA) is 79.3 Å². The van der Waals surface area contributed by atoms with Gasteiger partial charge in [-0.15, -0.1) is 0 Å². The molecule has 0 aromatic heterocycles. The van der Waals surface area contributed by atoms with Crippen LogP contribution in [0.1, 0.15) is 36.8 Å². The van der Waals surface area contributed by atoms with Crippen LogP contribution in [0.15, 0.2) is 48.5 Å². The molecular weight excluding hydrogens is 372 g/mol. The summed E-state index contributed by atoms with van der Waals surface area (Å²) in [6.45, 7) is 5.93. The van der Waals surface area contributed by atoms with Gasteiger partial charge in [0.25, 0.3) is 0 Å². The van der Waals surface area contributed by atoms with Crippen LogP contribution < -0.4 is 5.01 Å². The molecule has 1 heterocycles. The number of aryl methyl sites for hydroxylation is 1. The summed E-state index contributed by atoms with van der Waals surface area (Å²) in [5, 5.41) is 14.1. The van der Waals surface area contributed by atoms with Gasteiger partial charge in [-0.2, -0.15) is 5.01 Å². The summed E-state index contributed by atoms with van der Waals surface area (Å²) >= 11 is 0. The fourth-order valence-electron chi connectivity index (χ4n) is 3.41. The fraction of sp³-hybridized carbons (Fsp3) is 0.364. The van der Waals surface area contributed by atoms with Crippen molar-refractivity contribution in [1.82, 2.24) is 5.01 Å². The Morgan fingerprint density at radius 2 is 1.59 bits per heavy atom. The van der Waals surface area contributed by atoms with E-state index in [9.17, 15) is 14.7 Å². The van der Waals surface area contributed by atoms with Gasteiger partial charge in [0.1, 0.15) is 0 Å². The number of nitrogens with zero attached hydrogens (tertiary/aromatic N) is 2. The Bertz CT molecular complexity index is 850. The highest BCUT2D eigenvalue weighted by molar-refractivity contribution is 5.99. The van der Waals surface area contributed by atoms with E-state index < -0.39 is 24.2 Å². The first-order chi connectivity index (χ1) is 14.0. The summed E-state index contributed by atoms with van der Waals surface area (Å²) in [7, 11) is 0. The SMILES string of the molecule is CCOC(=O)C(C(=O)OCC)N1C(O)c2ccccc2N1Cc1ccc(C)cc1. The van der Waals surface area contributed by atoms with Crippen LogP contribution in [-0.2, 0) is 25.6 Å². The molecule has 0 fully saturated rings. The van der Waals surface area contributed by atoms with Crippen molar-refractivity contribution in [2.45, 2.75) is 39.6 Å². The van der Waals surface area contributed by atoms with Crippen LogP contribution in [-0.4, -0.2) is 41.3 Å². The van der Waals surface area contributed by atoms with E-state index in [2.05, 4.69) is 0 Å². The minimum atomic E-state index is -1.41. The summed E-state index contributed by atoms with van der Waals surface area (Å²) in [5.41, 5.74) is 3.43. The van der Waals surface area contributed by atoms with Crippen molar-refractivity contribution in [2.75, 3.05) is 18.2 Å². The van der Waals surface area contributed by atoms with E-state index in [-0.39, 0.29) is 13.2 Å². The lowest BCUT2D eigenvalue weighted by atomic mass is 10.1. The minimum Gasteiger partial charge on any atom is -0.464 e. The van der Waals surface area contributed by atoms with Gasteiger partial charge in [0, 0.05) is 5.56 Å². The van der Waals surface area contributed by atoms with Gasteiger partial charge >= 0.3 is 11.9 Å². The van der Waals surface area contributed by atoms with Gasteiger partial charge in [0.2, 0.25) is 6.04 Å². The van der Waals surface area contributed by atoms with Crippen molar-refractivity contribution >= 4 is 17.6 Å². The number of hydrazine groups is 1. The highest BCUT2D eigenvalue weighted by Crippen LogP contribution is 2.41. The van der Waals surface area contributed by atoms with Crippen LogP contribution in [0.5, 0.6) is 0 Å². The number of hydrogen-bond acceptors (Lipinski definition) is 7. The Hall–Kier alpha value is -2.90. The Balaban J connectivity index is 2.03. The van der Waals surface area contributed by atoms with E-state index in [4.69, 9.17) is 9.47 Å². The molecular formula is C22H26N2O5. The minimum absolute atomic E-state index is 0.115. The Kier molecular flexibility index (Phi) is 6.51. The molecule has 2 aromatic carbocycles. The average molecular weight is 398 g/mol. The molecule has 7 heteroatoms. The van der Waals surface area contributed by atoms with Crippen molar-refractivity contribution < 1.29 is 24.2 Å². The lowest BCUT2D eigenvalue weighted by Gasteiger charge is -2.35. The number of fused-ring (bicyclic) bond motifs is 1. The van der Waals surface area contributed by atoms with E-state index in [0.717, 1.165) is 16.8 Å². The van der Waals surface area contributed by atoms with Gasteiger partial charge in [-0.05, 0) is 32.4 Å². The zero-order chi connectivity index (χ0) is 21.0. The third-order valence-corrected chi connectivity index (χ3v) is 4.76. The van der Waals surface area contributed by atoms with E-state index in [1.165, 1.54) is 5.01 Å². The van der Waals surface area contributed by atoms with Gasteiger partial charge in [-0.3, -0.25) is 5.01 Å². The smallest absolute Gasteiger partial charge is 0.337 e. The average Bonchev–Trinajstić information content (AvgIpc) is 2.97. The maximum absolute atomic E-state index is 12.7. The Labute approximate surface area is 170 Å². The predicted molar refractivity (Wildman–Crippen MR) is 108 cm³/mol. The molecule has 0 saturated carbocycles. The number of aliphatic hydroxyl groups excluding tert-OH is 1. The van der Waals surface area contributed by atoms with Gasteiger partial charge in [-0.1, -0.05) is 48.0 Å². The summed E-state index contributed by atoms with van der Waals surface area (Å²) < 4.78 is 10.3. The first-order valence-electron chi connectivity index (χ1n) is 9.69. The lowest BCUT2D eigenvalue weighted by molar-refractivity contribution is -0.170. The monoisotopic (exact) mass is 398 g/mol. The Morgan fingerprint density at radius 3 is 2.17 bits per heavy atom. The number of rotatable bonds is 7. The molecule has 29 heavy (non-hydrogen) atoms. The van der Waals surface area contributed by atoms with Gasteiger partial charge in [0.15, 0.2) is 6.23 Å². The molecule has 0 radical (unpaired) electrons. The first kappa shape index (κ1) is 20.8. The molecule has 1 unspecified atom stereocenters. The molecule has 0 spiro atoms. The molecule has 1 N–H and O–H groups in total. The second kappa shape index (κ2) is 9.07. The number of anilines is 1. The second-order valence-electron chi connectivity index (χ2n) is 6.76. The van der Waals surface area contributed by atoms with Crippen LogP contribution in [0.4, 0.5) is 5.69 Å². The van der Waals surface area contributed by atoms with E-state index in [0.29, 0.717) is 12.1 Å². The molecule has 7 nitrogen and oxygen atoms in total.